The Labute approximate surface area is 235 Å². The maximum atomic E-state index is 6.11. The van der Waals surface area contributed by atoms with Crippen molar-refractivity contribution in [3.63, 3.8) is 0 Å². The van der Waals surface area contributed by atoms with E-state index in [2.05, 4.69) is 103 Å². The van der Waals surface area contributed by atoms with Crippen LogP contribution in [0.5, 0.6) is 11.5 Å². The molecule has 0 unspecified atom stereocenters. The van der Waals surface area contributed by atoms with Crippen LogP contribution in [0.3, 0.4) is 0 Å². The van der Waals surface area contributed by atoms with E-state index >= 15 is 0 Å². The summed E-state index contributed by atoms with van der Waals surface area (Å²) in [6, 6.07) is 28.1. The van der Waals surface area contributed by atoms with E-state index in [1.54, 1.807) is 0 Å². The summed E-state index contributed by atoms with van der Waals surface area (Å²) >= 11 is 0. The Morgan fingerprint density at radius 2 is 1.03 bits per heavy atom. The van der Waals surface area contributed by atoms with Crippen LogP contribution in [0.25, 0.3) is 11.1 Å². The second-order valence-corrected chi connectivity index (χ2v) is 11.2. The minimum absolute atomic E-state index is 0.357. The summed E-state index contributed by atoms with van der Waals surface area (Å²) < 4.78 is 12.2. The molecule has 0 aromatic heterocycles. The Bertz CT molecular complexity index is 1110. The molecule has 0 spiro atoms. The van der Waals surface area contributed by atoms with Gasteiger partial charge in [0, 0.05) is 13.1 Å². The van der Waals surface area contributed by atoms with Gasteiger partial charge in [-0.15, -0.1) is 0 Å². The van der Waals surface area contributed by atoms with Gasteiger partial charge in [-0.25, -0.2) is 0 Å². The molecule has 0 amide bonds. The van der Waals surface area contributed by atoms with Crippen LogP contribution in [0.4, 0.5) is 0 Å². The first-order valence-electron chi connectivity index (χ1n) is 14.9. The molecular formula is C35H44N2O2. The zero-order chi connectivity index (χ0) is 26.9. The molecule has 0 saturated carbocycles. The van der Waals surface area contributed by atoms with Crippen molar-refractivity contribution in [2.24, 2.45) is 5.92 Å². The summed E-state index contributed by atoms with van der Waals surface area (Å²) in [5, 5.41) is 0. The lowest BCUT2D eigenvalue weighted by Crippen LogP contribution is -2.25. The number of hydrogen-bond donors (Lipinski definition) is 0. The van der Waals surface area contributed by atoms with E-state index in [-0.39, 0.29) is 0 Å². The molecule has 2 fully saturated rings. The van der Waals surface area contributed by atoms with E-state index in [0.29, 0.717) is 5.92 Å². The van der Waals surface area contributed by atoms with E-state index < -0.39 is 0 Å². The lowest BCUT2D eigenvalue weighted by molar-refractivity contribution is 0.237. The van der Waals surface area contributed by atoms with E-state index in [1.165, 1.54) is 79.7 Å². The molecule has 39 heavy (non-hydrogen) atoms. The third-order valence-electron chi connectivity index (χ3n) is 7.97. The van der Waals surface area contributed by atoms with Gasteiger partial charge in [-0.2, -0.15) is 0 Å². The van der Waals surface area contributed by atoms with Gasteiger partial charge in [-0.3, -0.25) is 9.80 Å². The molecule has 5 rings (SSSR count). The molecule has 2 aliphatic heterocycles. The Morgan fingerprint density at radius 1 is 0.590 bits per heavy atom. The third kappa shape index (κ3) is 7.52. The highest BCUT2D eigenvalue weighted by Gasteiger charge is 2.18. The van der Waals surface area contributed by atoms with Gasteiger partial charge in [-0.05, 0) is 110 Å². The second-order valence-electron chi connectivity index (χ2n) is 11.2. The maximum absolute atomic E-state index is 6.11. The van der Waals surface area contributed by atoms with Crippen molar-refractivity contribution in [1.82, 2.24) is 9.80 Å². The normalized spacial score (nSPS) is 16.1. The van der Waals surface area contributed by atoms with Crippen LogP contribution < -0.4 is 9.47 Å². The molecule has 2 saturated heterocycles. The molecule has 0 atom stereocenters. The topological polar surface area (TPSA) is 24.9 Å². The third-order valence-corrected chi connectivity index (χ3v) is 7.97. The van der Waals surface area contributed by atoms with Crippen molar-refractivity contribution >= 4 is 11.1 Å². The first-order chi connectivity index (χ1) is 19.2. The van der Waals surface area contributed by atoms with Gasteiger partial charge in [0.15, 0.2) is 0 Å². The van der Waals surface area contributed by atoms with E-state index in [4.69, 9.17) is 9.47 Å². The number of benzene rings is 3. The summed E-state index contributed by atoms with van der Waals surface area (Å²) in [6.45, 7) is 12.9. The SMILES string of the molecule is CC(C)C(=C(c1ccc(OCCN2CCCC2)cc1)c1ccc(OCCN2CCCC2)cc1)c1ccccc1. The molecule has 206 valence electrons. The Kier molecular flexibility index (Phi) is 9.74. The molecule has 4 nitrogen and oxygen atoms in total. The van der Waals surface area contributed by atoms with Crippen molar-refractivity contribution in [2.75, 3.05) is 52.5 Å². The highest BCUT2D eigenvalue weighted by Crippen LogP contribution is 2.37. The van der Waals surface area contributed by atoms with Gasteiger partial charge in [0.05, 0.1) is 0 Å². The quantitative estimate of drug-likeness (QED) is 0.233. The summed E-state index contributed by atoms with van der Waals surface area (Å²) in [4.78, 5) is 4.98. The van der Waals surface area contributed by atoms with Crippen LogP contribution in [0, 0.1) is 5.92 Å². The zero-order valence-corrected chi connectivity index (χ0v) is 23.8. The second kappa shape index (κ2) is 13.8. The molecule has 4 heteroatoms. The molecular weight excluding hydrogens is 480 g/mol. The Hall–Kier alpha value is -3.08. The lowest BCUT2D eigenvalue weighted by atomic mass is 9.84. The highest BCUT2D eigenvalue weighted by atomic mass is 16.5. The number of likely N-dealkylation sites (tertiary alicyclic amines) is 2. The van der Waals surface area contributed by atoms with Gasteiger partial charge < -0.3 is 9.47 Å². The highest BCUT2D eigenvalue weighted by molar-refractivity contribution is 5.99. The molecule has 0 bridgehead atoms. The fourth-order valence-electron chi connectivity index (χ4n) is 5.90. The number of hydrogen-bond acceptors (Lipinski definition) is 4. The summed E-state index contributed by atoms with van der Waals surface area (Å²) in [6.07, 6.45) is 5.26. The standard InChI is InChI=1S/C35H44N2O2/c1-28(2)34(29-10-4-3-5-11-29)35(30-12-16-32(17-13-30)38-26-24-36-20-6-7-21-36)31-14-18-33(19-15-31)39-27-25-37-22-8-9-23-37/h3-5,10-19,28H,6-9,20-27H2,1-2H3. The predicted molar refractivity (Wildman–Crippen MR) is 162 cm³/mol. The summed E-state index contributed by atoms with van der Waals surface area (Å²) in [7, 11) is 0. The first kappa shape index (κ1) is 27.5. The molecule has 3 aromatic rings. The van der Waals surface area contributed by atoms with Gasteiger partial charge in [0.2, 0.25) is 0 Å². The van der Waals surface area contributed by atoms with Crippen molar-refractivity contribution in [3.05, 3.63) is 95.6 Å². The fourth-order valence-corrected chi connectivity index (χ4v) is 5.90. The molecule has 2 heterocycles. The van der Waals surface area contributed by atoms with Crippen molar-refractivity contribution in [3.8, 4) is 11.5 Å². The molecule has 0 aliphatic carbocycles. The molecule has 3 aromatic carbocycles. The molecule has 0 N–H and O–H groups in total. The van der Waals surface area contributed by atoms with E-state index in [9.17, 15) is 0 Å². The van der Waals surface area contributed by atoms with E-state index in [0.717, 1.165) is 37.8 Å². The summed E-state index contributed by atoms with van der Waals surface area (Å²) in [5.41, 5.74) is 6.29. The first-order valence-corrected chi connectivity index (χ1v) is 14.9. The summed E-state index contributed by atoms with van der Waals surface area (Å²) in [5.74, 6) is 2.23. The molecule has 2 aliphatic rings. The minimum atomic E-state index is 0.357. The van der Waals surface area contributed by atoms with Crippen LogP contribution in [0.1, 0.15) is 56.2 Å². The van der Waals surface area contributed by atoms with Crippen molar-refractivity contribution in [2.45, 2.75) is 39.5 Å². The average molecular weight is 525 g/mol. The Balaban J connectivity index is 1.37. The van der Waals surface area contributed by atoms with Crippen LogP contribution >= 0.6 is 0 Å². The molecule has 0 radical (unpaired) electrons. The van der Waals surface area contributed by atoms with Gasteiger partial charge >= 0.3 is 0 Å². The van der Waals surface area contributed by atoms with E-state index in [1.807, 2.05) is 0 Å². The van der Waals surface area contributed by atoms with Crippen molar-refractivity contribution in [1.29, 1.82) is 0 Å². The largest absolute Gasteiger partial charge is 0.492 e. The predicted octanol–water partition coefficient (Wildman–Crippen LogP) is 7.25. The lowest BCUT2D eigenvalue weighted by Gasteiger charge is -2.21. The minimum Gasteiger partial charge on any atom is -0.492 e. The van der Waals surface area contributed by atoms with Gasteiger partial charge in [0.1, 0.15) is 24.7 Å². The van der Waals surface area contributed by atoms with Crippen LogP contribution in [0.2, 0.25) is 0 Å². The zero-order valence-electron chi connectivity index (χ0n) is 23.8. The Morgan fingerprint density at radius 3 is 1.44 bits per heavy atom. The average Bonchev–Trinajstić information content (AvgIpc) is 3.68. The van der Waals surface area contributed by atoms with Gasteiger partial charge in [-0.1, -0.05) is 68.4 Å². The number of rotatable bonds is 12. The monoisotopic (exact) mass is 524 g/mol. The van der Waals surface area contributed by atoms with Crippen LogP contribution in [-0.4, -0.2) is 62.3 Å². The van der Waals surface area contributed by atoms with Crippen LogP contribution in [-0.2, 0) is 0 Å². The fraction of sp³-hybridized carbons (Fsp3) is 0.429. The number of allylic oxidation sites excluding steroid dienone is 1. The van der Waals surface area contributed by atoms with Crippen molar-refractivity contribution < 1.29 is 9.47 Å². The van der Waals surface area contributed by atoms with Crippen LogP contribution in [0.15, 0.2) is 78.9 Å². The number of nitrogens with zero attached hydrogens (tertiary/aromatic N) is 2. The smallest absolute Gasteiger partial charge is 0.119 e. The maximum Gasteiger partial charge on any atom is 0.119 e. The number of ether oxygens (including phenoxy) is 2. The van der Waals surface area contributed by atoms with Gasteiger partial charge in [0.25, 0.3) is 0 Å².